The van der Waals surface area contributed by atoms with Crippen LogP contribution < -0.4 is 9.47 Å². The molecule has 1 rings (SSSR count). The van der Waals surface area contributed by atoms with Crippen molar-refractivity contribution in [3.05, 3.63) is 23.8 Å². The highest BCUT2D eigenvalue weighted by Gasteiger charge is 2.02. The third-order valence-electron chi connectivity index (χ3n) is 1.54. The van der Waals surface area contributed by atoms with Crippen molar-refractivity contribution in [1.29, 1.82) is 0 Å². The van der Waals surface area contributed by atoms with Crippen LogP contribution in [0.5, 0.6) is 11.5 Å². The average molecular weight is 203 g/mol. The highest BCUT2D eigenvalue weighted by atomic mass is 35.5. The number of hydrogen-bond donors (Lipinski definition) is 0. The quantitative estimate of drug-likeness (QED) is 0.703. The Morgan fingerprint density at radius 2 is 1.77 bits per heavy atom. The van der Waals surface area contributed by atoms with Crippen LogP contribution in [0.2, 0.25) is 0 Å². The highest BCUT2D eigenvalue weighted by molar-refractivity contribution is 5.85. The second-order valence-electron chi connectivity index (χ2n) is 2.23. The van der Waals surface area contributed by atoms with Crippen LogP contribution in [-0.4, -0.2) is 20.5 Å². The molecule has 0 heterocycles. The van der Waals surface area contributed by atoms with Gasteiger partial charge in [-0.2, -0.15) is 0 Å². The molecule has 0 atom stereocenters. The first-order valence-corrected chi connectivity index (χ1v) is 3.49. The molecule has 0 aromatic heterocycles. The van der Waals surface area contributed by atoms with Gasteiger partial charge in [-0.3, -0.25) is 4.79 Å². The number of ether oxygens (including phenoxy) is 2. The number of rotatable bonds is 3. The first-order valence-electron chi connectivity index (χ1n) is 3.49. The Balaban J connectivity index is 0.00000144. The summed E-state index contributed by atoms with van der Waals surface area (Å²) in [6.45, 7) is 0. The van der Waals surface area contributed by atoms with Gasteiger partial charge < -0.3 is 9.47 Å². The Bertz CT molecular complexity index is 286. The van der Waals surface area contributed by atoms with E-state index in [1.807, 2.05) is 0 Å². The number of methoxy groups -OCH3 is 2. The predicted octanol–water partition coefficient (Wildman–Crippen LogP) is 1.94. The Morgan fingerprint density at radius 1 is 1.15 bits per heavy atom. The molecule has 0 bridgehead atoms. The molecule has 1 aromatic rings. The van der Waals surface area contributed by atoms with Crippen LogP contribution in [0.15, 0.2) is 18.2 Å². The SMILES string of the molecule is COc1ccc(C=O)cc1OC.Cl. The van der Waals surface area contributed by atoms with Crippen LogP contribution in [0.1, 0.15) is 10.4 Å². The summed E-state index contributed by atoms with van der Waals surface area (Å²) < 4.78 is 9.99. The summed E-state index contributed by atoms with van der Waals surface area (Å²) in [6.07, 6.45) is 0.766. The van der Waals surface area contributed by atoms with E-state index in [2.05, 4.69) is 0 Å². The molecule has 0 saturated heterocycles. The predicted molar refractivity (Wildman–Crippen MR) is 52.2 cm³/mol. The number of aldehydes is 1. The maximum absolute atomic E-state index is 10.4. The number of hydrogen-bond acceptors (Lipinski definition) is 3. The van der Waals surface area contributed by atoms with Gasteiger partial charge in [-0.1, -0.05) is 0 Å². The van der Waals surface area contributed by atoms with Crippen molar-refractivity contribution in [2.75, 3.05) is 14.2 Å². The number of halogens is 1. The zero-order chi connectivity index (χ0) is 8.97. The minimum atomic E-state index is 0. The topological polar surface area (TPSA) is 35.5 Å². The number of carbonyl (C=O) groups excluding carboxylic acids is 1. The van der Waals surface area contributed by atoms with Gasteiger partial charge in [0.25, 0.3) is 0 Å². The average Bonchev–Trinajstić information content (AvgIpc) is 2.16. The summed E-state index contributed by atoms with van der Waals surface area (Å²) in [5.74, 6) is 1.20. The third-order valence-corrected chi connectivity index (χ3v) is 1.54. The molecule has 1 aromatic carbocycles. The zero-order valence-corrected chi connectivity index (χ0v) is 8.26. The van der Waals surface area contributed by atoms with Crippen LogP contribution in [0.4, 0.5) is 0 Å². The fourth-order valence-electron chi connectivity index (χ4n) is 0.926. The van der Waals surface area contributed by atoms with E-state index in [-0.39, 0.29) is 12.4 Å². The Labute approximate surface area is 83.1 Å². The van der Waals surface area contributed by atoms with Crippen molar-refractivity contribution in [3.8, 4) is 11.5 Å². The van der Waals surface area contributed by atoms with Crippen LogP contribution in [0, 0.1) is 0 Å². The molecule has 3 nitrogen and oxygen atoms in total. The lowest BCUT2D eigenvalue weighted by molar-refractivity contribution is 0.112. The van der Waals surface area contributed by atoms with E-state index in [4.69, 9.17) is 9.47 Å². The van der Waals surface area contributed by atoms with Crippen LogP contribution in [-0.2, 0) is 0 Å². The molecule has 0 spiro atoms. The van der Waals surface area contributed by atoms with Crippen molar-refractivity contribution in [2.45, 2.75) is 0 Å². The maximum atomic E-state index is 10.4. The van der Waals surface area contributed by atoms with Crippen molar-refractivity contribution < 1.29 is 14.3 Å². The molecule has 0 saturated carbocycles. The van der Waals surface area contributed by atoms with Crippen LogP contribution in [0.25, 0.3) is 0 Å². The molecule has 0 fully saturated rings. The fourth-order valence-corrected chi connectivity index (χ4v) is 0.926. The molecule has 0 aliphatic carbocycles. The number of carbonyl (C=O) groups is 1. The van der Waals surface area contributed by atoms with E-state index in [1.165, 1.54) is 7.11 Å². The molecular formula is C9H11ClO3. The smallest absolute Gasteiger partial charge is 0.161 e. The van der Waals surface area contributed by atoms with E-state index in [0.717, 1.165) is 6.29 Å². The third kappa shape index (κ3) is 2.63. The molecule has 0 amide bonds. The van der Waals surface area contributed by atoms with Gasteiger partial charge in [-0.15, -0.1) is 12.4 Å². The number of benzene rings is 1. The van der Waals surface area contributed by atoms with Gasteiger partial charge >= 0.3 is 0 Å². The Hall–Kier alpha value is -1.22. The van der Waals surface area contributed by atoms with Crippen molar-refractivity contribution in [3.63, 3.8) is 0 Å². The van der Waals surface area contributed by atoms with E-state index in [0.29, 0.717) is 17.1 Å². The summed E-state index contributed by atoms with van der Waals surface area (Å²) in [5, 5.41) is 0. The normalized spacial score (nSPS) is 8.46. The maximum Gasteiger partial charge on any atom is 0.161 e. The fraction of sp³-hybridized carbons (Fsp3) is 0.222. The molecular weight excluding hydrogens is 192 g/mol. The molecule has 0 aliphatic heterocycles. The second-order valence-corrected chi connectivity index (χ2v) is 2.23. The van der Waals surface area contributed by atoms with E-state index < -0.39 is 0 Å². The monoisotopic (exact) mass is 202 g/mol. The zero-order valence-electron chi connectivity index (χ0n) is 7.44. The van der Waals surface area contributed by atoms with Gasteiger partial charge in [-0.05, 0) is 18.2 Å². The molecule has 4 heteroatoms. The first kappa shape index (κ1) is 11.8. The van der Waals surface area contributed by atoms with Crippen LogP contribution >= 0.6 is 12.4 Å². The molecule has 0 unspecified atom stereocenters. The van der Waals surface area contributed by atoms with E-state index in [9.17, 15) is 4.79 Å². The summed E-state index contributed by atoms with van der Waals surface area (Å²) in [4.78, 5) is 10.4. The van der Waals surface area contributed by atoms with E-state index >= 15 is 0 Å². The van der Waals surface area contributed by atoms with Gasteiger partial charge in [0.05, 0.1) is 14.2 Å². The van der Waals surface area contributed by atoms with Gasteiger partial charge in [0.2, 0.25) is 0 Å². The van der Waals surface area contributed by atoms with Gasteiger partial charge in [0, 0.05) is 5.56 Å². The molecule has 72 valence electrons. The summed E-state index contributed by atoms with van der Waals surface area (Å²) in [5.41, 5.74) is 0.577. The van der Waals surface area contributed by atoms with Crippen LogP contribution in [0.3, 0.4) is 0 Å². The minimum Gasteiger partial charge on any atom is -0.493 e. The molecule has 0 aliphatic rings. The lowest BCUT2D eigenvalue weighted by Crippen LogP contribution is -1.91. The van der Waals surface area contributed by atoms with Crippen molar-refractivity contribution in [1.82, 2.24) is 0 Å². The Kier molecular flexibility index (Phi) is 4.92. The van der Waals surface area contributed by atoms with Gasteiger partial charge in [0.1, 0.15) is 6.29 Å². The first-order chi connectivity index (χ1) is 5.81. The highest BCUT2D eigenvalue weighted by Crippen LogP contribution is 2.26. The summed E-state index contributed by atoms with van der Waals surface area (Å²) in [7, 11) is 3.09. The van der Waals surface area contributed by atoms with E-state index in [1.54, 1.807) is 25.3 Å². The Morgan fingerprint density at radius 3 is 2.23 bits per heavy atom. The lowest BCUT2D eigenvalue weighted by atomic mass is 10.2. The second kappa shape index (κ2) is 5.43. The molecule has 13 heavy (non-hydrogen) atoms. The molecule has 0 radical (unpaired) electrons. The van der Waals surface area contributed by atoms with Crippen molar-refractivity contribution in [2.24, 2.45) is 0 Å². The summed E-state index contributed by atoms with van der Waals surface area (Å²) in [6, 6.07) is 5.00. The van der Waals surface area contributed by atoms with Crippen molar-refractivity contribution >= 4 is 18.7 Å². The standard InChI is InChI=1S/C9H10O3.ClH/c1-11-8-4-3-7(6-10)5-9(8)12-2;/h3-6H,1-2H3;1H. The van der Waals surface area contributed by atoms with Gasteiger partial charge in [0.15, 0.2) is 11.5 Å². The lowest BCUT2D eigenvalue weighted by Gasteiger charge is -2.06. The minimum absolute atomic E-state index is 0. The largest absolute Gasteiger partial charge is 0.493 e. The molecule has 0 N–H and O–H groups in total. The summed E-state index contributed by atoms with van der Waals surface area (Å²) >= 11 is 0. The van der Waals surface area contributed by atoms with Gasteiger partial charge in [-0.25, -0.2) is 0 Å².